The van der Waals surface area contributed by atoms with E-state index in [4.69, 9.17) is 4.74 Å². The molecule has 0 atom stereocenters. The summed E-state index contributed by atoms with van der Waals surface area (Å²) in [5.74, 6) is -1.05. The standard InChI is InChI=1S/C19H17Br2NO4/c1-11-3-5-13(6-4-11)10-26-18-15(20)7-14(8-16(18)21)9-17(19(24)25)22-12(2)23/h3-9H,10H2,1-2H3,(H,22,23)(H,24,25). The van der Waals surface area contributed by atoms with Crippen LogP contribution in [0, 0.1) is 6.92 Å². The Kier molecular flexibility index (Phi) is 6.99. The van der Waals surface area contributed by atoms with Crippen molar-refractivity contribution in [3.05, 3.63) is 67.7 Å². The lowest BCUT2D eigenvalue weighted by molar-refractivity contribution is -0.134. The van der Waals surface area contributed by atoms with Gasteiger partial charge in [0.15, 0.2) is 0 Å². The van der Waals surface area contributed by atoms with Gasteiger partial charge < -0.3 is 15.2 Å². The van der Waals surface area contributed by atoms with Gasteiger partial charge in [-0.25, -0.2) is 4.79 Å². The molecule has 2 rings (SSSR count). The summed E-state index contributed by atoms with van der Waals surface area (Å²) >= 11 is 6.88. The Morgan fingerprint density at radius 1 is 1.15 bits per heavy atom. The number of aliphatic carboxylic acids is 1. The van der Waals surface area contributed by atoms with Crippen molar-refractivity contribution in [1.29, 1.82) is 0 Å². The number of hydrogen-bond donors (Lipinski definition) is 2. The van der Waals surface area contributed by atoms with Gasteiger partial charge >= 0.3 is 5.97 Å². The molecule has 0 heterocycles. The molecule has 1 amide bonds. The Morgan fingerprint density at radius 2 is 1.73 bits per heavy atom. The number of carbonyl (C=O) groups is 2. The molecule has 136 valence electrons. The molecular formula is C19H17Br2NO4. The largest absolute Gasteiger partial charge is 0.487 e. The zero-order valence-corrected chi connectivity index (χ0v) is 17.3. The monoisotopic (exact) mass is 481 g/mol. The van der Waals surface area contributed by atoms with E-state index in [9.17, 15) is 14.7 Å². The summed E-state index contributed by atoms with van der Waals surface area (Å²) in [6, 6.07) is 11.5. The molecule has 0 saturated heterocycles. The third-order valence-electron chi connectivity index (χ3n) is 3.38. The Labute approximate surface area is 168 Å². The Morgan fingerprint density at radius 3 is 2.23 bits per heavy atom. The van der Waals surface area contributed by atoms with Crippen LogP contribution in [0.4, 0.5) is 0 Å². The second-order valence-corrected chi connectivity index (χ2v) is 7.34. The first-order chi connectivity index (χ1) is 12.3. The molecule has 0 saturated carbocycles. The molecule has 0 radical (unpaired) electrons. The number of carbonyl (C=O) groups excluding carboxylic acids is 1. The van der Waals surface area contributed by atoms with Crippen molar-refractivity contribution in [2.45, 2.75) is 20.5 Å². The number of carboxylic acid groups (broad SMARTS) is 1. The highest BCUT2D eigenvalue weighted by Gasteiger charge is 2.12. The first-order valence-corrected chi connectivity index (χ1v) is 9.25. The van der Waals surface area contributed by atoms with E-state index in [1.165, 1.54) is 18.6 Å². The number of halogens is 2. The van der Waals surface area contributed by atoms with Gasteiger partial charge in [0, 0.05) is 6.92 Å². The Balaban J connectivity index is 2.22. The molecule has 26 heavy (non-hydrogen) atoms. The number of benzene rings is 2. The van der Waals surface area contributed by atoms with Gasteiger partial charge in [0.25, 0.3) is 0 Å². The maximum Gasteiger partial charge on any atom is 0.352 e. The minimum atomic E-state index is -1.22. The minimum absolute atomic E-state index is 0.204. The second kappa shape index (κ2) is 9.00. The average molecular weight is 483 g/mol. The van der Waals surface area contributed by atoms with Gasteiger partial charge in [-0.05, 0) is 68.1 Å². The van der Waals surface area contributed by atoms with Gasteiger partial charge in [0.05, 0.1) is 8.95 Å². The van der Waals surface area contributed by atoms with Crippen LogP contribution < -0.4 is 10.1 Å². The van der Waals surface area contributed by atoms with Crippen molar-refractivity contribution in [2.75, 3.05) is 0 Å². The van der Waals surface area contributed by atoms with Crippen molar-refractivity contribution in [3.8, 4) is 5.75 Å². The van der Waals surface area contributed by atoms with Crippen LogP contribution in [0.15, 0.2) is 51.0 Å². The second-order valence-electron chi connectivity index (χ2n) is 5.63. The number of nitrogens with one attached hydrogen (secondary N) is 1. The summed E-state index contributed by atoms with van der Waals surface area (Å²) in [4.78, 5) is 22.4. The Bertz CT molecular complexity index is 837. The van der Waals surface area contributed by atoms with Crippen molar-refractivity contribution >= 4 is 49.8 Å². The van der Waals surface area contributed by atoms with E-state index >= 15 is 0 Å². The summed E-state index contributed by atoms with van der Waals surface area (Å²) in [5.41, 5.74) is 2.61. The molecule has 0 fully saturated rings. The maximum absolute atomic E-state index is 11.2. The lowest BCUT2D eigenvalue weighted by Crippen LogP contribution is -2.24. The first-order valence-electron chi connectivity index (χ1n) is 7.66. The summed E-state index contributed by atoms with van der Waals surface area (Å²) in [5, 5.41) is 11.5. The van der Waals surface area contributed by atoms with E-state index in [-0.39, 0.29) is 5.70 Å². The highest BCUT2D eigenvalue weighted by molar-refractivity contribution is 9.11. The van der Waals surface area contributed by atoms with Gasteiger partial charge in [-0.3, -0.25) is 4.79 Å². The van der Waals surface area contributed by atoms with Crippen LogP contribution in [-0.4, -0.2) is 17.0 Å². The number of aryl methyl sites for hydroxylation is 1. The molecule has 0 spiro atoms. The van der Waals surface area contributed by atoms with Crippen LogP contribution in [0.3, 0.4) is 0 Å². The molecule has 2 aromatic rings. The lowest BCUT2D eigenvalue weighted by atomic mass is 10.1. The van der Waals surface area contributed by atoms with E-state index in [0.29, 0.717) is 26.9 Å². The summed E-state index contributed by atoms with van der Waals surface area (Å²) in [6.45, 7) is 3.68. The number of rotatable bonds is 6. The fourth-order valence-electron chi connectivity index (χ4n) is 2.15. The topological polar surface area (TPSA) is 75.6 Å². The summed E-state index contributed by atoms with van der Waals surface area (Å²) in [6.07, 6.45) is 1.38. The molecule has 0 aliphatic heterocycles. The van der Waals surface area contributed by atoms with Crippen LogP contribution in [-0.2, 0) is 16.2 Å². The van der Waals surface area contributed by atoms with Gasteiger partial charge in [-0.15, -0.1) is 0 Å². The molecule has 0 unspecified atom stereocenters. The van der Waals surface area contributed by atoms with Crippen molar-refractivity contribution in [3.63, 3.8) is 0 Å². The molecule has 7 heteroatoms. The molecule has 2 aromatic carbocycles. The summed E-state index contributed by atoms with van der Waals surface area (Å²) < 4.78 is 7.19. The highest BCUT2D eigenvalue weighted by atomic mass is 79.9. The van der Waals surface area contributed by atoms with Gasteiger partial charge in [0.1, 0.15) is 18.1 Å². The predicted octanol–water partition coefficient (Wildman–Crippen LogP) is 4.66. The normalized spacial score (nSPS) is 11.2. The first kappa shape index (κ1) is 20.2. The lowest BCUT2D eigenvalue weighted by Gasteiger charge is -2.12. The van der Waals surface area contributed by atoms with Crippen molar-refractivity contribution in [1.82, 2.24) is 5.32 Å². The van der Waals surface area contributed by atoms with E-state index in [0.717, 1.165) is 5.56 Å². The van der Waals surface area contributed by atoms with Crippen LogP contribution in [0.1, 0.15) is 23.6 Å². The zero-order valence-electron chi connectivity index (χ0n) is 14.2. The predicted molar refractivity (Wildman–Crippen MR) is 107 cm³/mol. The average Bonchev–Trinajstić information content (AvgIpc) is 2.54. The van der Waals surface area contributed by atoms with Crippen LogP contribution >= 0.6 is 31.9 Å². The van der Waals surface area contributed by atoms with Crippen LogP contribution in [0.25, 0.3) is 6.08 Å². The van der Waals surface area contributed by atoms with Crippen molar-refractivity contribution < 1.29 is 19.4 Å². The third-order valence-corrected chi connectivity index (χ3v) is 4.55. The molecule has 0 bridgehead atoms. The van der Waals surface area contributed by atoms with E-state index in [1.54, 1.807) is 12.1 Å². The number of amides is 1. The maximum atomic E-state index is 11.2. The zero-order chi connectivity index (χ0) is 19.3. The smallest absolute Gasteiger partial charge is 0.352 e. The molecule has 5 nitrogen and oxygen atoms in total. The minimum Gasteiger partial charge on any atom is -0.487 e. The molecule has 2 N–H and O–H groups in total. The van der Waals surface area contributed by atoms with Crippen molar-refractivity contribution in [2.24, 2.45) is 0 Å². The van der Waals surface area contributed by atoms with E-state index < -0.39 is 11.9 Å². The summed E-state index contributed by atoms with van der Waals surface area (Å²) in [7, 11) is 0. The molecular weight excluding hydrogens is 466 g/mol. The highest BCUT2D eigenvalue weighted by Crippen LogP contribution is 2.36. The van der Waals surface area contributed by atoms with E-state index in [2.05, 4.69) is 37.2 Å². The quantitative estimate of drug-likeness (QED) is 0.587. The Hall–Kier alpha value is -2.12. The SMILES string of the molecule is CC(=O)NC(=Cc1cc(Br)c(OCc2ccc(C)cc2)c(Br)c1)C(=O)O. The molecule has 0 aliphatic rings. The van der Waals surface area contributed by atoms with Crippen LogP contribution in [0.5, 0.6) is 5.75 Å². The van der Waals surface area contributed by atoms with Gasteiger partial charge in [0.2, 0.25) is 5.91 Å². The molecule has 0 aliphatic carbocycles. The molecule has 0 aromatic heterocycles. The number of hydrogen-bond acceptors (Lipinski definition) is 3. The van der Waals surface area contributed by atoms with Gasteiger partial charge in [-0.2, -0.15) is 0 Å². The number of ether oxygens (including phenoxy) is 1. The fraction of sp³-hybridized carbons (Fsp3) is 0.158. The third kappa shape index (κ3) is 5.71. The fourth-order valence-corrected chi connectivity index (χ4v) is 3.60. The number of carboxylic acids is 1. The van der Waals surface area contributed by atoms with E-state index in [1.807, 2.05) is 31.2 Å². The van der Waals surface area contributed by atoms with Crippen LogP contribution in [0.2, 0.25) is 0 Å². The van der Waals surface area contributed by atoms with Gasteiger partial charge in [-0.1, -0.05) is 29.8 Å².